The minimum Gasteiger partial charge on any atom is -0.383 e. The maximum absolute atomic E-state index is 12.3. The summed E-state index contributed by atoms with van der Waals surface area (Å²) in [6, 6.07) is 0. The number of carbonyl (C=O) groups is 2. The summed E-state index contributed by atoms with van der Waals surface area (Å²) in [4.78, 5) is 28.8. The minimum atomic E-state index is -0.239. The lowest BCUT2D eigenvalue weighted by Gasteiger charge is -2.17. The quantitative estimate of drug-likeness (QED) is 0.727. The topological polar surface area (TPSA) is 85.2 Å². The van der Waals surface area contributed by atoms with Gasteiger partial charge in [0.2, 0.25) is 0 Å². The van der Waals surface area contributed by atoms with Gasteiger partial charge in [-0.2, -0.15) is 0 Å². The van der Waals surface area contributed by atoms with E-state index < -0.39 is 0 Å². The van der Waals surface area contributed by atoms with Gasteiger partial charge in [0.1, 0.15) is 5.69 Å². The first-order valence-electron chi connectivity index (χ1n) is 7.83. The molecule has 0 fully saturated rings. The van der Waals surface area contributed by atoms with Gasteiger partial charge in [0.05, 0.1) is 12.3 Å². The molecule has 22 heavy (non-hydrogen) atoms. The molecule has 2 N–H and O–H groups in total. The first kappa shape index (κ1) is 16.5. The Morgan fingerprint density at radius 2 is 2.00 bits per heavy atom. The van der Waals surface area contributed by atoms with E-state index in [1.54, 1.807) is 7.11 Å². The largest absolute Gasteiger partial charge is 0.383 e. The number of aromatic nitrogens is 2. The number of methoxy groups -OCH3 is 1. The third-order valence-corrected chi connectivity index (χ3v) is 3.66. The van der Waals surface area contributed by atoms with Crippen molar-refractivity contribution in [2.24, 2.45) is 0 Å². The van der Waals surface area contributed by atoms with Crippen LogP contribution in [0.25, 0.3) is 0 Å². The molecule has 0 aliphatic carbocycles. The molecule has 0 spiro atoms. The third kappa shape index (κ3) is 3.65. The molecule has 1 aromatic heterocycles. The van der Waals surface area contributed by atoms with E-state index in [1.165, 1.54) is 0 Å². The van der Waals surface area contributed by atoms with Gasteiger partial charge >= 0.3 is 0 Å². The molecule has 0 radical (unpaired) electrons. The van der Waals surface area contributed by atoms with Crippen molar-refractivity contribution in [3.8, 4) is 0 Å². The molecule has 7 heteroatoms. The van der Waals surface area contributed by atoms with Crippen LogP contribution in [0.1, 0.15) is 53.0 Å². The predicted molar refractivity (Wildman–Crippen MR) is 82.0 cm³/mol. The Morgan fingerprint density at radius 3 is 2.73 bits per heavy atom. The number of carbonyl (C=O) groups excluding carboxylic acids is 2. The lowest BCUT2D eigenvalue weighted by Crippen LogP contribution is -2.28. The van der Waals surface area contributed by atoms with Gasteiger partial charge in [-0.25, -0.2) is 4.98 Å². The normalized spacial score (nSPS) is 13.5. The van der Waals surface area contributed by atoms with Gasteiger partial charge < -0.3 is 19.9 Å². The Bertz CT molecular complexity index is 539. The molecule has 7 nitrogen and oxygen atoms in total. The zero-order valence-corrected chi connectivity index (χ0v) is 13.3. The van der Waals surface area contributed by atoms with Crippen molar-refractivity contribution in [1.82, 2.24) is 20.2 Å². The van der Waals surface area contributed by atoms with Crippen LogP contribution in [0.4, 0.5) is 0 Å². The highest BCUT2D eigenvalue weighted by Gasteiger charge is 2.27. The van der Waals surface area contributed by atoms with E-state index in [2.05, 4.69) is 15.6 Å². The average molecular weight is 308 g/mol. The summed E-state index contributed by atoms with van der Waals surface area (Å²) in [5, 5.41) is 5.60. The Morgan fingerprint density at radius 1 is 1.23 bits per heavy atom. The highest BCUT2D eigenvalue weighted by atomic mass is 16.5. The molecular formula is C15H24N4O3. The first-order valence-corrected chi connectivity index (χ1v) is 7.83. The van der Waals surface area contributed by atoms with E-state index in [4.69, 9.17) is 4.74 Å². The van der Waals surface area contributed by atoms with Crippen LogP contribution in [-0.2, 0) is 17.7 Å². The number of ether oxygens (including phenoxy) is 1. The summed E-state index contributed by atoms with van der Waals surface area (Å²) in [5.41, 5.74) is 1.24. The van der Waals surface area contributed by atoms with Crippen molar-refractivity contribution >= 4 is 11.8 Å². The number of nitrogens with zero attached hydrogens (tertiary/aromatic N) is 2. The van der Waals surface area contributed by atoms with Crippen molar-refractivity contribution in [2.75, 3.05) is 26.8 Å². The molecule has 122 valence electrons. The number of amides is 2. The van der Waals surface area contributed by atoms with Gasteiger partial charge in [0, 0.05) is 26.7 Å². The second-order valence-electron chi connectivity index (χ2n) is 5.34. The van der Waals surface area contributed by atoms with Crippen LogP contribution in [0, 0.1) is 0 Å². The standard InChI is InChI=1S/C15H24N4O3/c1-3-7-16-15(21)13-18-12(14(20)17-8-10-22-2)11-6-4-5-9-19(11)13/h3-10H2,1-2H3,(H,16,21)(H,17,20). The number of hydrogen-bond donors (Lipinski definition) is 2. The maximum Gasteiger partial charge on any atom is 0.287 e. The van der Waals surface area contributed by atoms with Crippen molar-refractivity contribution in [1.29, 1.82) is 0 Å². The Hall–Kier alpha value is -1.89. The fourth-order valence-corrected chi connectivity index (χ4v) is 2.57. The minimum absolute atomic E-state index is 0.207. The lowest BCUT2D eigenvalue weighted by molar-refractivity contribution is 0.0931. The molecule has 2 rings (SSSR count). The number of nitrogens with one attached hydrogen (secondary N) is 2. The molecule has 1 aliphatic heterocycles. The lowest BCUT2D eigenvalue weighted by atomic mass is 10.1. The molecule has 2 amide bonds. The van der Waals surface area contributed by atoms with E-state index in [-0.39, 0.29) is 11.8 Å². The van der Waals surface area contributed by atoms with E-state index in [9.17, 15) is 9.59 Å². The van der Waals surface area contributed by atoms with Crippen LogP contribution in [0.3, 0.4) is 0 Å². The number of fused-ring (bicyclic) bond motifs is 1. The van der Waals surface area contributed by atoms with Crippen molar-refractivity contribution < 1.29 is 14.3 Å². The van der Waals surface area contributed by atoms with Gasteiger partial charge in [-0.15, -0.1) is 0 Å². The summed E-state index contributed by atoms with van der Waals surface area (Å²) in [7, 11) is 1.58. The SMILES string of the molecule is CCCNC(=O)c1nc(C(=O)NCCOC)c2n1CCCC2. The van der Waals surface area contributed by atoms with Crippen LogP contribution < -0.4 is 10.6 Å². The van der Waals surface area contributed by atoms with E-state index >= 15 is 0 Å². The Balaban J connectivity index is 2.21. The highest BCUT2D eigenvalue weighted by Crippen LogP contribution is 2.21. The van der Waals surface area contributed by atoms with E-state index in [0.29, 0.717) is 31.2 Å². The fourth-order valence-electron chi connectivity index (χ4n) is 2.57. The zero-order valence-electron chi connectivity index (χ0n) is 13.3. The maximum atomic E-state index is 12.3. The molecule has 0 atom stereocenters. The average Bonchev–Trinajstić information content (AvgIpc) is 2.92. The van der Waals surface area contributed by atoms with Gasteiger partial charge in [0.25, 0.3) is 11.8 Å². The first-order chi connectivity index (χ1) is 10.7. The molecule has 0 unspecified atom stereocenters. The molecule has 0 saturated carbocycles. The van der Waals surface area contributed by atoms with Crippen LogP contribution >= 0.6 is 0 Å². The van der Waals surface area contributed by atoms with Crippen molar-refractivity contribution in [2.45, 2.75) is 39.2 Å². The molecule has 0 aromatic carbocycles. The smallest absolute Gasteiger partial charge is 0.287 e. The third-order valence-electron chi connectivity index (χ3n) is 3.66. The van der Waals surface area contributed by atoms with Gasteiger partial charge in [-0.1, -0.05) is 6.92 Å². The second kappa shape index (κ2) is 7.93. The predicted octanol–water partition coefficient (Wildman–Crippen LogP) is 0.735. The van der Waals surface area contributed by atoms with Crippen molar-refractivity contribution in [3.63, 3.8) is 0 Å². The van der Waals surface area contributed by atoms with Crippen LogP contribution in [0.15, 0.2) is 0 Å². The second-order valence-corrected chi connectivity index (χ2v) is 5.34. The molecule has 0 saturated heterocycles. The van der Waals surface area contributed by atoms with Crippen molar-refractivity contribution in [3.05, 3.63) is 17.2 Å². The summed E-state index contributed by atoms with van der Waals surface area (Å²) in [6.45, 7) is 4.22. The van der Waals surface area contributed by atoms with Crippen LogP contribution in [0.2, 0.25) is 0 Å². The van der Waals surface area contributed by atoms with Crippen LogP contribution in [0.5, 0.6) is 0 Å². The van der Waals surface area contributed by atoms with Gasteiger partial charge in [-0.05, 0) is 25.7 Å². The number of rotatable bonds is 7. The fraction of sp³-hybridized carbons (Fsp3) is 0.667. The summed E-state index contributed by atoms with van der Waals surface area (Å²) >= 11 is 0. The summed E-state index contributed by atoms with van der Waals surface area (Å²) in [5.74, 6) is -0.0989. The highest BCUT2D eigenvalue weighted by molar-refractivity contribution is 5.97. The van der Waals surface area contributed by atoms with Crippen LogP contribution in [-0.4, -0.2) is 48.2 Å². The summed E-state index contributed by atoms with van der Waals surface area (Å²) in [6.07, 6.45) is 3.66. The molecule has 1 aliphatic rings. The van der Waals surface area contributed by atoms with Gasteiger partial charge in [-0.3, -0.25) is 9.59 Å². The monoisotopic (exact) mass is 308 g/mol. The molecule has 2 heterocycles. The number of hydrogen-bond acceptors (Lipinski definition) is 4. The van der Waals surface area contributed by atoms with E-state index in [0.717, 1.165) is 37.9 Å². The van der Waals surface area contributed by atoms with E-state index in [1.807, 2.05) is 11.5 Å². The summed E-state index contributed by atoms with van der Waals surface area (Å²) < 4.78 is 6.81. The Labute approximate surface area is 130 Å². The zero-order chi connectivity index (χ0) is 15.9. The number of imidazole rings is 1. The molecule has 0 bridgehead atoms. The molecular weight excluding hydrogens is 284 g/mol. The molecule has 1 aromatic rings. The Kier molecular flexibility index (Phi) is 5.94. The van der Waals surface area contributed by atoms with Gasteiger partial charge in [0.15, 0.2) is 5.82 Å².